The van der Waals surface area contributed by atoms with Crippen LogP contribution in [0.2, 0.25) is 0 Å². The molecule has 0 saturated heterocycles. The Balaban J connectivity index is 0. The number of nitrogens with two attached hydrogens (primary N) is 1. The van der Waals surface area contributed by atoms with E-state index in [1.54, 1.807) is 23.0 Å². The maximum absolute atomic E-state index is 10.1. The average Bonchev–Trinajstić information content (AvgIpc) is 2.85. The molecule has 0 fully saturated rings. The van der Waals surface area contributed by atoms with Crippen molar-refractivity contribution >= 4 is 44.6 Å². The lowest BCUT2D eigenvalue weighted by atomic mass is 9.97. The van der Waals surface area contributed by atoms with Crippen molar-refractivity contribution in [3.8, 4) is 0 Å². The highest BCUT2D eigenvalue weighted by molar-refractivity contribution is 14.1. The van der Waals surface area contributed by atoms with Crippen molar-refractivity contribution in [2.24, 2.45) is 5.73 Å². The Morgan fingerprint density at radius 3 is 1.78 bits per heavy atom. The molecule has 1 unspecified atom stereocenters. The summed E-state index contributed by atoms with van der Waals surface area (Å²) in [6, 6.07) is 19.0. The minimum Gasteiger partial charge on any atom is -0.391 e. The first-order chi connectivity index (χ1) is 15.7. The van der Waals surface area contributed by atoms with E-state index in [9.17, 15) is 9.50 Å². The van der Waals surface area contributed by atoms with Crippen LogP contribution in [0, 0.1) is 0 Å². The van der Waals surface area contributed by atoms with Crippen LogP contribution in [-0.2, 0) is 14.4 Å². The van der Waals surface area contributed by atoms with E-state index in [2.05, 4.69) is 60.3 Å². The van der Waals surface area contributed by atoms with Crippen LogP contribution in [0.25, 0.3) is 21.5 Å². The first-order valence-electron chi connectivity index (χ1n) is 11.4. The molecule has 3 rings (SSSR count). The summed E-state index contributed by atoms with van der Waals surface area (Å²) in [5, 5.41) is 14.6. The van der Waals surface area contributed by atoms with Crippen molar-refractivity contribution in [2.45, 2.75) is 60.7 Å². The summed E-state index contributed by atoms with van der Waals surface area (Å²) in [7, 11) is 0. The summed E-state index contributed by atoms with van der Waals surface area (Å²) in [6.45, 7) is 12.6. The van der Waals surface area contributed by atoms with Gasteiger partial charge in [-0.3, -0.25) is 0 Å². The van der Waals surface area contributed by atoms with Crippen LogP contribution in [0.5, 0.6) is 0 Å². The topological polar surface area (TPSA) is 64.7 Å². The summed E-state index contributed by atoms with van der Waals surface area (Å²) in [4.78, 5) is 0. The van der Waals surface area contributed by atoms with Gasteiger partial charge in [-0.15, -0.1) is 0 Å². The molecule has 0 heterocycles. The first kappa shape index (κ1) is 32.9. The third-order valence-corrected chi connectivity index (χ3v) is 4.34. The highest BCUT2D eigenvalue weighted by Gasteiger charge is 2.08. The lowest BCUT2D eigenvalue weighted by molar-refractivity contribution is 0.0589. The molecule has 4 nitrogen and oxygen atoms in total. The largest absolute Gasteiger partial charge is 0.391 e. The smallest absolute Gasteiger partial charge is 0.138 e. The molecule has 1 atom stereocenters. The maximum Gasteiger partial charge on any atom is 0.138 e. The van der Waals surface area contributed by atoms with Crippen LogP contribution in [0.3, 0.4) is 0 Å². The second-order valence-corrected chi connectivity index (χ2v) is 6.35. The van der Waals surface area contributed by atoms with Crippen LogP contribution in [0.1, 0.15) is 53.5 Å². The van der Waals surface area contributed by atoms with Crippen LogP contribution in [0.15, 0.2) is 54.6 Å². The van der Waals surface area contributed by atoms with Crippen molar-refractivity contribution in [3.05, 3.63) is 60.2 Å². The van der Waals surface area contributed by atoms with Gasteiger partial charge in [-0.05, 0) is 39.6 Å². The molecule has 32 heavy (non-hydrogen) atoms. The molecule has 0 aromatic heterocycles. The number of ether oxygens (including phenoxy) is 1. The molecule has 0 aliphatic carbocycles. The number of hydrogen-bond donors (Lipinski definition) is 2. The van der Waals surface area contributed by atoms with E-state index in [1.807, 2.05) is 41.5 Å². The minimum absolute atomic E-state index is 0.334. The predicted molar refractivity (Wildman–Crippen MR) is 146 cm³/mol. The summed E-state index contributed by atoms with van der Waals surface area (Å²) in [5.74, 6) is 0. The third-order valence-electron chi connectivity index (χ3n) is 3.98. The van der Waals surface area contributed by atoms with Gasteiger partial charge in [0.25, 0.3) is 0 Å². The Hall–Kier alpha value is -1.32. The lowest BCUT2D eigenvalue weighted by Crippen LogP contribution is -2.15. The quantitative estimate of drug-likeness (QED) is 0.135. The Kier molecular flexibility index (Phi) is 23.5. The van der Waals surface area contributed by atoms with Gasteiger partial charge in [-0.25, -0.2) is 4.39 Å². The van der Waals surface area contributed by atoms with Crippen molar-refractivity contribution in [2.75, 3.05) is 20.0 Å². The van der Waals surface area contributed by atoms with Gasteiger partial charge in [0.05, 0.1) is 19.3 Å². The van der Waals surface area contributed by atoms with Gasteiger partial charge in [0, 0.05) is 6.61 Å². The Labute approximate surface area is 208 Å². The summed E-state index contributed by atoms with van der Waals surface area (Å²) in [5.41, 5.74) is 5.39. The Morgan fingerprint density at radius 2 is 1.34 bits per heavy atom. The number of benzene rings is 3. The van der Waals surface area contributed by atoms with Crippen molar-refractivity contribution < 1.29 is 17.3 Å². The van der Waals surface area contributed by atoms with Gasteiger partial charge in [0.15, 0.2) is 0 Å². The van der Waals surface area contributed by atoms with Crippen LogP contribution >= 0.6 is 23.0 Å². The molecule has 0 radical (unpaired) electrons. The molecule has 0 bridgehead atoms. The van der Waals surface area contributed by atoms with E-state index < -0.39 is 12.9 Å². The first-order valence-corrected chi connectivity index (χ1v) is 12.2. The molecule has 3 aromatic rings. The Morgan fingerprint density at radius 1 is 0.906 bits per heavy atom. The molecule has 0 amide bonds. The maximum atomic E-state index is 10.1. The number of alkyl halides is 1. The molecular formula is C26H41FINO3. The van der Waals surface area contributed by atoms with E-state index in [0.717, 1.165) is 0 Å². The number of aliphatic hydroxyl groups is 1. The zero-order valence-corrected chi connectivity index (χ0v) is 22.6. The second-order valence-electron chi connectivity index (χ2n) is 5.72. The second kappa shape index (κ2) is 22.9. The minimum atomic E-state index is -0.750. The zero-order valence-electron chi connectivity index (χ0n) is 20.4. The molecule has 182 valence electrons. The molecule has 3 aromatic carbocycles. The monoisotopic (exact) mass is 561 g/mol. The number of hydrogen-bond acceptors (Lipinski definition) is 4. The summed E-state index contributed by atoms with van der Waals surface area (Å²) < 4.78 is 20.8. The van der Waals surface area contributed by atoms with E-state index in [-0.39, 0.29) is 0 Å². The number of fused-ring (bicyclic) bond motifs is 2. The van der Waals surface area contributed by atoms with Crippen molar-refractivity contribution in [1.29, 1.82) is 0 Å². The van der Waals surface area contributed by atoms with Crippen molar-refractivity contribution in [1.82, 2.24) is 0 Å². The summed E-state index contributed by atoms with van der Waals surface area (Å²) >= 11 is 1.79. The average molecular weight is 562 g/mol. The van der Waals surface area contributed by atoms with E-state index in [0.29, 0.717) is 26.2 Å². The highest BCUT2D eigenvalue weighted by atomic mass is 127. The number of halogens is 2. The third kappa shape index (κ3) is 12.1. The van der Waals surface area contributed by atoms with Crippen molar-refractivity contribution in [3.63, 3.8) is 0 Å². The van der Waals surface area contributed by atoms with E-state index in [4.69, 9.17) is 7.80 Å². The SMILES string of the molecule is CC.CC.CC.NCF.OC(CCOCc1c2ccccc2cc2ccccc12)COI. The normalized spacial score (nSPS) is 10.3. The lowest BCUT2D eigenvalue weighted by Gasteiger charge is -2.13. The Bertz CT molecular complexity index is 763. The van der Waals surface area contributed by atoms with Gasteiger partial charge < -0.3 is 18.6 Å². The van der Waals surface area contributed by atoms with Crippen LogP contribution in [0.4, 0.5) is 4.39 Å². The van der Waals surface area contributed by atoms with Gasteiger partial charge in [-0.1, -0.05) is 90.1 Å². The fourth-order valence-electron chi connectivity index (χ4n) is 2.81. The molecule has 0 aliphatic heterocycles. The molecule has 0 aliphatic rings. The van der Waals surface area contributed by atoms with Crippen LogP contribution < -0.4 is 5.73 Å². The fourth-order valence-corrected chi connectivity index (χ4v) is 3.23. The van der Waals surface area contributed by atoms with E-state index in [1.165, 1.54) is 27.1 Å². The van der Waals surface area contributed by atoms with Gasteiger partial charge >= 0.3 is 0 Å². The van der Waals surface area contributed by atoms with Gasteiger partial charge in [-0.2, -0.15) is 0 Å². The van der Waals surface area contributed by atoms with E-state index >= 15 is 0 Å². The molecular weight excluding hydrogens is 520 g/mol. The molecule has 0 spiro atoms. The standard InChI is InChI=1S/C19H19IO3.3C2H6.CH4FN/c20-23-12-16(21)9-10-22-13-19-17-7-3-1-5-14(17)11-15-6-2-4-8-18(15)19;3*1-2;2-1-3/h1-8,11,16,21H,9-10,12-13H2;3*1-2H3;1,3H2. The van der Waals surface area contributed by atoms with Gasteiger partial charge in [0.2, 0.25) is 0 Å². The number of rotatable bonds is 7. The molecule has 3 N–H and O–H groups in total. The van der Waals surface area contributed by atoms with Gasteiger partial charge in [0.1, 0.15) is 29.8 Å². The van der Waals surface area contributed by atoms with Crippen LogP contribution in [-0.4, -0.2) is 31.2 Å². The zero-order chi connectivity index (χ0) is 24.8. The molecule has 0 saturated carbocycles. The predicted octanol–water partition coefficient (Wildman–Crippen LogP) is 7.58. The molecule has 6 heteroatoms. The highest BCUT2D eigenvalue weighted by Crippen LogP contribution is 2.29. The number of aliphatic hydroxyl groups excluding tert-OH is 1. The fraction of sp³-hybridized carbons (Fsp3) is 0.462. The summed E-state index contributed by atoms with van der Waals surface area (Å²) in [6.07, 6.45) is 0.0993.